The zero-order valence-corrected chi connectivity index (χ0v) is 21.5. The molecule has 1 atom stereocenters. The molecule has 1 unspecified atom stereocenters. The fraction of sp³-hybridized carbons (Fsp3) is 0.286. The van der Waals surface area contributed by atoms with Gasteiger partial charge in [0, 0.05) is 29.8 Å². The molecule has 0 aliphatic heterocycles. The molecule has 3 aromatic rings. The summed E-state index contributed by atoms with van der Waals surface area (Å²) in [5.74, 6) is -0.244. The van der Waals surface area contributed by atoms with E-state index in [1.54, 1.807) is 29.2 Å². The first kappa shape index (κ1) is 26.8. The highest BCUT2D eigenvalue weighted by Crippen LogP contribution is 2.22. The molecule has 4 nitrogen and oxygen atoms in total. The number of hydrogen-bond donors (Lipinski definition) is 1. The van der Waals surface area contributed by atoms with Gasteiger partial charge in [-0.25, -0.2) is 4.39 Å². The van der Waals surface area contributed by atoms with E-state index in [4.69, 9.17) is 11.6 Å². The summed E-state index contributed by atoms with van der Waals surface area (Å²) in [6, 6.07) is 22.7. The summed E-state index contributed by atoms with van der Waals surface area (Å²) < 4.78 is 14.0. The van der Waals surface area contributed by atoms with Gasteiger partial charge in [0.2, 0.25) is 11.8 Å². The number of hydrogen-bond acceptors (Lipinski definition) is 3. The Morgan fingerprint density at radius 3 is 2.23 bits per heavy atom. The maximum atomic E-state index is 14.0. The Labute approximate surface area is 215 Å². The SMILES string of the molecule is CC(C)NC(=O)C(Cc1ccccc1)N(Cc1ccccc1Cl)C(=O)CSCc1ccccc1F. The first-order chi connectivity index (χ1) is 16.8. The van der Waals surface area contributed by atoms with E-state index in [0.29, 0.717) is 22.8 Å². The summed E-state index contributed by atoms with van der Waals surface area (Å²) in [6.07, 6.45) is 0.369. The number of carbonyl (C=O) groups excluding carboxylic acids is 2. The highest BCUT2D eigenvalue weighted by molar-refractivity contribution is 7.99. The summed E-state index contributed by atoms with van der Waals surface area (Å²) in [5.41, 5.74) is 2.26. The summed E-state index contributed by atoms with van der Waals surface area (Å²) in [5, 5.41) is 3.50. The van der Waals surface area contributed by atoms with E-state index in [1.807, 2.05) is 62.4 Å². The topological polar surface area (TPSA) is 49.4 Å². The van der Waals surface area contributed by atoms with Crippen molar-refractivity contribution in [1.82, 2.24) is 10.2 Å². The van der Waals surface area contributed by atoms with Crippen LogP contribution in [0.3, 0.4) is 0 Å². The molecule has 0 saturated carbocycles. The van der Waals surface area contributed by atoms with Crippen LogP contribution in [0.25, 0.3) is 0 Å². The van der Waals surface area contributed by atoms with Crippen LogP contribution in [0.5, 0.6) is 0 Å². The molecule has 0 saturated heterocycles. The van der Waals surface area contributed by atoms with E-state index in [2.05, 4.69) is 5.32 Å². The summed E-state index contributed by atoms with van der Waals surface area (Å²) in [6.45, 7) is 3.98. The minimum atomic E-state index is -0.724. The van der Waals surface area contributed by atoms with Gasteiger partial charge in [-0.2, -0.15) is 0 Å². The van der Waals surface area contributed by atoms with Gasteiger partial charge in [-0.05, 0) is 42.7 Å². The monoisotopic (exact) mass is 512 g/mol. The predicted molar refractivity (Wildman–Crippen MR) is 142 cm³/mol. The van der Waals surface area contributed by atoms with Gasteiger partial charge in [-0.3, -0.25) is 9.59 Å². The molecule has 0 heterocycles. The van der Waals surface area contributed by atoms with Crippen molar-refractivity contribution in [3.05, 3.63) is 106 Å². The van der Waals surface area contributed by atoms with Crippen molar-refractivity contribution in [2.75, 3.05) is 5.75 Å². The van der Waals surface area contributed by atoms with E-state index in [0.717, 1.165) is 11.1 Å². The van der Waals surface area contributed by atoms with E-state index in [1.165, 1.54) is 17.8 Å². The molecule has 0 spiro atoms. The first-order valence-electron chi connectivity index (χ1n) is 11.5. The third-order valence-corrected chi connectivity index (χ3v) is 6.78. The number of nitrogens with one attached hydrogen (secondary N) is 1. The number of carbonyl (C=O) groups is 2. The molecule has 0 aromatic heterocycles. The molecule has 184 valence electrons. The number of amides is 2. The van der Waals surface area contributed by atoms with Gasteiger partial charge in [-0.15, -0.1) is 11.8 Å². The average molecular weight is 513 g/mol. The molecule has 0 fully saturated rings. The van der Waals surface area contributed by atoms with Crippen molar-refractivity contribution in [2.24, 2.45) is 0 Å². The fourth-order valence-electron chi connectivity index (χ4n) is 3.69. The van der Waals surface area contributed by atoms with Crippen LogP contribution in [-0.4, -0.2) is 34.6 Å². The number of halogens is 2. The molecular formula is C28H30ClFN2O2S. The Hall–Kier alpha value is -2.83. The van der Waals surface area contributed by atoms with Crippen LogP contribution in [0.15, 0.2) is 78.9 Å². The van der Waals surface area contributed by atoms with Gasteiger partial charge < -0.3 is 10.2 Å². The van der Waals surface area contributed by atoms with Crippen LogP contribution in [-0.2, 0) is 28.3 Å². The fourth-order valence-corrected chi connectivity index (χ4v) is 4.78. The lowest BCUT2D eigenvalue weighted by Gasteiger charge is -2.32. The summed E-state index contributed by atoms with van der Waals surface area (Å²) in [7, 11) is 0. The van der Waals surface area contributed by atoms with E-state index in [9.17, 15) is 14.0 Å². The molecule has 2 amide bonds. The quantitative estimate of drug-likeness (QED) is 0.349. The van der Waals surface area contributed by atoms with Gasteiger partial charge in [0.1, 0.15) is 11.9 Å². The molecule has 35 heavy (non-hydrogen) atoms. The second kappa shape index (κ2) is 13.3. The third kappa shape index (κ3) is 8.11. The van der Waals surface area contributed by atoms with Crippen LogP contribution in [0.2, 0.25) is 5.02 Å². The smallest absolute Gasteiger partial charge is 0.243 e. The van der Waals surface area contributed by atoms with Crippen molar-refractivity contribution in [1.29, 1.82) is 0 Å². The number of thioether (sulfide) groups is 1. The Morgan fingerprint density at radius 1 is 0.943 bits per heavy atom. The predicted octanol–water partition coefficient (Wildman–Crippen LogP) is 5.88. The minimum absolute atomic E-state index is 0.0755. The van der Waals surface area contributed by atoms with Gasteiger partial charge in [-0.1, -0.05) is 78.3 Å². The molecule has 0 radical (unpaired) electrons. The van der Waals surface area contributed by atoms with Crippen LogP contribution < -0.4 is 5.32 Å². The van der Waals surface area contributed by atoms with Gasteiger partial charge in [0.05, 0.1) is 5.75 Å². The second-order valence-corrected chi connectivity index (χ2v) is 9.96. The van der Waals surface area contributed by atoms with Crippen molar-refractivity contribution >= 4 is 35.2 Å². The highest BCUT2D eigenvalue weighted by atomic mass is 35.5. The minimum Gasteiger partial charge on any atom is -0.352 e. The van der Waals surface area contributed by atoms with Crippen molar-refractivity contribution in [3.63, 3.8) is 0 Å². The molecule has 0 aliphatic carbocycles. The van der Waals surface area contributed by atoms with E-state index >= 15 is 0 Å². The van der Waals surface area contributed by atoms with Crippen LogP contribution in [0, 0.1) is 5.82 Å². The summed E-state index contributed by atoms with van der Waals surface area (Å²) >= 11 is 7.74. The molecule has 0 bridgehead atoms. The standard InChI is InChI=1S/C28H30ClFN2O2S/c1-20(2)31-28(34)26(16-21-10-4-3-5-11-21)32(17-22-12-6-8-14-24(22)29)27(33)19-35-18-23-13-7-9-15-25(23)30/h3-15,20,26H,16-19H2,1-2H3,(H,31,34). The van der Waals surface area contributed by atoms with Crippen molar-refractivity contribution in [2.45, 2.75) is 44.6 Å². The molecule has 7 heteroatoms. The zero-order valence-electron chi connectivity index (χ0n) is 19.9. The maximum Gasteiger partial charge on any atom is 0.243 e. The van der Waals surface area contributed by atoms with Gasteiger partial charge in [0.15, 0.2) is 0 Å². The molecular weight excluding hydrogens is 483 g/mol. The van der Waals surface area contributed by atoms with E-state index in [-0.39, 0.29) is 36.0 Å². The lowest BCUT2D eigenvalue weighted by atomic mass is 10.0. The molecule has 0 aliphatic rings. The Kier molecular flexibility index (Phi) is 10.2. The Balaban J connectivity index is 1.86. The first-order valence-corrected chi connectivity index (χ1v) is 13.1. The maximum absolute atomic E-state index is 14.0. The lowest BCUT2D eigenvalue weighted by Crippen LogP contribution is -2.52. The summed E-state index contributed by atoms with van der Waals surface area (Å²) in [4.78, 5) is 28.5. The third-order valence-electron chi connectivity index (χ3n) is 5.44. The van der Waals surface area contributed by atoms with Crippen molar-refractivity contribution in [3.8, 4) is 0 Å². The molecule has 3 aromatic carbocycles. The van der Waals surface area contributed by atoms with Gasteiger partial charge >= 0.3 is 0 Å². The van der Waals surface area contributed by atoms with Gasteiger partial charge in [0.25, 0.3) is 0 Å². The van der Waals surface area contributed by atoms with E-state index < -0.39 is 6.04 Å². The molecule has 1 N–H and O–H groups in total. The number of rotatable bonds is 11. The van der Waals surface area contributed by atoms with Crippen LogP contribution in [0.4, 0.5) is 4.39 Å². The Bertz CT molecular complexity index is 1130. The number of benzene rings is 3. The lowest BCUT2D eigenvalue weighted by molar-refractivity contribution is -0.139. The average Bonchev–Trinajstić information content (AvgIpc) is 2.83. The van der Waals surface area contributed by atoms with Crippen LogP contribution >= 0.6 is 23.4 Å². The largest absolute Gasteiger partial charge is 0.352 e. The molecule has 3 rings (SSSR count). The van der Waals surface area contributed by atoms with Crippen molar-refractivity contribution < 1.29 is 14.0 Å². The van der Waals surface area contributed by atoms with Crippen LogP contribution in [0.1, 0.15) is 30.5 Å². The second-order valence-electron chi connectivity index (χ2n) is 8.57. The zero-order chi connectivity index (χ0) is 25.2. The highest BCUT2D eigenvalue weighted by Gasteiger charge is 2.31. The number of nitrogens with zero attached hydrogens (tertiary/aromatic N) is 1. The Morgan fingerprint density at radius 2 is 1.57 bits per heavy atom. The normalized spacial score (nSPS) is 11.8.